The number of nitrogens with zero attached hydrogens (tertiary/aromatic N) is 1. The molecular weight excluding hydrogens is 471 g/mol. The van der Waals surface area contributed by atoms with Gasteiger partial charge < -0.3 is 25.1 Å². The summed E-state index contributed by atoms with van der Waals surface area (Å²) >= 11 is 0. The Kier molecular flexibility index (Phi) is 9.99. The first-order chi connectivity index (χ1) is 17.2. The smallest absolute Gasteiger partial charge is 0.394 e. The number of aliphatic hydroxyl groups excluding tert-OH is 2. The van der Waals surface area contributed by atoms with Crippen LogP contribution in [0.3, 0.4) is 0 Å². The standard InChI is InChI=1S/C27H38F3N3O3/c1-3-22-18(2)25-23(12-11-21-26(25)20(27(28,29)30)15-24(36)32-21)33(22)14-10-8-6-4-5-7-9-13-31-16-19(35)17-34/h11-12,15,19,31,34-35H,3-10,13-14,16-17H2,1-2H3,(H,32,36). The summed E-state index contributed by atoms with van der Waals surface area (Å²) in [6.07, 6.45) is 2.94. The molecule has 6 nitrogen and oxygen atoms in total. The highest BCUT2D eigenvalue weighted by molar-refractivity contribution is 6.09. The molecular formula is C27H38F3N3O3. The minimum atomic E-state index is -4.61. The van der Waals surface area contributed by atoms with E-state index in [4.69, 9.17) is 5.11 Å². The maximum atomic E-state index is 13.8. The fraction of sp³-hybridized carbons (Fsp3) is 0.593. The van der Waals surface area contributed by atoms with Gasteiger partial charge in [-0.3, -0.25) is 4.79 Å². The topological polar surface area (TPSA) is 90.3 Å². The van der Waals surface area contributed by atoms with Crippen LogP contribution in [0.1, 0.15) is 68.7 Å². The van der Waals surface area contributed by atoms with E-state index < -0.39 is 23.4 Å². The number of hydrogen-bond acceptors (Lipinski definition) is 4. The van der Waals surface area contributed by atoms with Gasteiger partial charge in [0.1, 0.15) is 0 Å². The first-order valence-corrected chi connectivity index (χ1v) is 12.9. The number of benzene rings is 1. The minimum absolute atomic E-state index is 0.0749. The van der Waals surface area contributed by atoms with E-state index in [0.29, 0.717) is 18.0 Å². The Hall–Kier alpha value is -2.36. The molecule has 0 spiro atoms. The van der Waals surface area contributed by atoms with Crippen LogP contribution in [0, 0.1) is 6.92 Å². The number of rotatable bonds is 14. The van der Waals surface area contributed by atoms with Gasteiger partial charge in [0.05, 0.1) is 18.3 Å². The Bertz CT molecular complexity index is 1200. The highest BCUT2D eigenvalue weighted by atomic mass is 19.4. The van der Waals surface area contributed by atoms with Crippen molar-refractivity contribution >= 4 is 21.8 Å². The molecule has 0 fully saturated rings. The second-order valence-corrected chi connectivity index (χ2v) is 9.52. The summed E-state index contributed by atoms with van der Waals surface area (Å²) in [6.45, 7) is 5.66. The maximum absolute atomic E-state index is 13.8. The van der Waals surface area contributed by atoms with E-state index in [0.717, 1.165) is 81.2 Å². The molecule has 3 rings (SSSR count). The van der Waals surface area contributed by atoms with Crippen molar-refractivity contribution in [3.05, 3.63) is 45.4 Å². The van der Waals surface area contributed by atoms with Gasteiger partial charge in [0.25, 0.3) is 0 Å². The van der Waals surface area contributed by atoms with Crippen molar-refractivity contribution in [1.82, 2.24) is 14.9 Å². The SMILES string of the molecule is CCc1c(C)c2c3c(C(F)(F)F)cc(=O)[nH]c3ccc2n1CCCCCCCCCNCC(O)CO. The van der Waals surface area contributed by atoms with Crippen LogP contribution in [0.2, 0.25) is 0 Å². The summed E-state index contributed by atoms with van der Waals surface area (Å²) < 4.78 is 43.7. The second-order valence-electron chi connectivity index (χ2n) is 9.52. The zero-order valence-corrected chi connectivity index (χ0v) is 21.2. The van der Waals surface area contributed by atoms with Crippen molar-refractivity contribution in [2.24, 2.45) is 0 Å². The summed E-state index contributed by atoms with van der Waals surface area (Å²) in [5, 5.41) is 21.8. The van der Waals surface area contributed by atoms with Crippen LogP contribution in [0.5, 0.6) is 0 Å². The van der Waals surface area contributed by atoms with Crippen LogP contribution in [-0.4, -0.2) is 45.6 Å². The van der Waals surface area contributed by atoms with Crippen molar-refractivity contribution in [2.45, 2.75) is 84.0 Å². The van der Waals surface area contributed by atoms with E-state index in [1.807, 2.05) is 19.9 Å². The van der Waals surface area contributed by atoms with Gasteiger partial charge in [-0.2, -0.15) is 13.2 Å². The van der Waals surface area contributed by atoms with Gasteiger partial charge in [-0.15, -0.1) is 0 Å². The summed E-state index contributed by atoms with van der Waals surface area (Å²) in [5.74, 6) is 0. The van der Waals surface area contributed by atoms with E-state index >= 15 is 0 Å². The fourth-order valence-electron chi connectivity index (χ4n) is 5.12. The van der Waals surface area contributed by atoms with Crippen LogP contribution < -0.4 is 10.9 Å². The predicted octanol–water partition coefficient (Wildman–Crippen LogP) is 5.05. The first-order valence-electron chi connectivity index (χ1n) is 12.9. The molecule has 0 radical (unpaired) electrons. The molecule has 0 aliphatic rings. The van der Waals surface area contributed by atoms with Crippen LogP contribution in [0.15, 0.2) is 23.0 Å². The number of nitrogens with one attached hydrogen (secondary N) is 2. The molecule has 0 saturated heterocycles. The van der Waals surface area contributed by atoms with Gasteiger partial charge in [0.2, 0.25) is 5.56 Å². The summed E-state index contributed by atoms with van der Waals surface area (Å²) in [6, 6.07) is 4.08. The number of aromatic nitrogens is 2. The quantitative estimate of drug-likeness (QED) is 0.229. The van der Waals surface area contributed by atoms with Crippen LogP contribution in [0.4, 0.5) is 13.2 Å². The number of alkyl halides is 3. The third kappa shape index (κ3) is 6.69. The molecule has 200 valence electrons. The van der Waals surface area contributed by atoms with E-state index in [1.165, 1.54) is 0 Å². The van der Waals surface area contributed by atoms with Gasteiger partial charge in [-0.05, 0) is 50.4 Å². The lowest BCUT2D eigenvalue weighted by atomic mass is 10.0. The highest BCUT2D eigenvalue weighted by Crippen LogP contribution is 2.39. The lowest BCUT2D eigenvalue weighted by molar-refractivity contribution is -0.136. The van der Waals surface area contributed by atoms with Gasteiger partial charge >= 0.3 is 6.18 Å². The Morgan fingerprint density at radius 1 is 1.06 bits per heavy atom. The largest absolute Gasteiger partial charge is 0.417 e. The Labute approximate surface area is 209 Å². The number of fused-ring (bicyclic) bond motifs is 3. The molecule has 1 atom stereocenters. The zero-order valence-electron chi connectivity index (χ0n) is 21.2. The van der Waals surface area contributed by atoms with Crippen LogP contribution in [-0.2, 0) is 19.1 Å². The van der Waals surface area contributed by atoms with E-state index in [-0.39, 0.29) is 17.5 Å². The number of aliphatic hydroxyl groups is 2. The molecule has 1 aromatic carbocycles. The molecule has 2 aromatic heterocycles. The maximum Gasteiger partial charge on any atom is 0.417 e. The molecule has 0 bridgehead atoms. The molecule has 0 amide bonds. The fourth-order valence-corrected chi connectivity index (χ4v) is 5.12. The zero-order chi connectivity index (χ0) is 26.3. The van der Waals surface area contributed by atoms with E-state index in [2.05, 4.69) is 14.9 Å². The van der Waals surface area contributed by atoms with Crippen molar-refractivity contribution in [3.63, 3.8) is 0 Å². The van der Waals surface area contributed by atoms with Gasteiger partial charge in [-0.25, -0.2) is 0 Å². The molecule has 0 aliphatic carbocycles. The summed E-state index contributed by atoms with van der Waals surface area (Å²) in [5.41, 5.74) is 1.25. The predicted molar refractivity (Wildman–Crippen MR) is 137 cm³/mol. The molecule has 36 heavy (non-hydrogen) atoms. The normalized spacial score (nSPS) is 13.2. The Morgan fingerprint density at radius 2 is 1.72 bits per heavy atom. The molecule has 3 aromatic rings. The summed E-state index contributed by atoms with van der Waals surface area (Å²) in [4.78, 5) is 14.4. The van der Waals surface area contributed by atoms with Crippen molar-refractivity contribution in [2.75, 3.05) is 19.7 Å². The monoisotopic (exact) mass is 509 g/mol. The number of unbranched alkanes of at least 4 members (excludes halogenated alkanes) is 6. The average Bonchev–Trinajstić information content (AvgIpc) is 3.11. The molecule has 2 heterocycles. The first kappa shape index (κ1) is 28.2. The number of aromatic amines is 1. The molecule has 9 heteroatoms. The number of H-pyrrole nitrogens is 1. The van der Waals surface area contributed by atoms with Gasteiger partial charge in [-0.1, -0.05) is 39.0 Å². The Morgan fingerprint density at radius 3 is 2.36 bits per heavy atom. The number of pyridine rings is 1. The Balaban J connectivity index is 1.63. The average molecular weight is 510 g/mol. The molecule has 1 unspecified atom stereocenters. The molecule has 0 aliphatic heterocycles. The third-order valence-corrected chi connectivity index (χ3v) is 6.88. The van der Waals surface area contributed by atoms with Crippen LogP contribution >= 0.6 is 0 Å². The lowest BCUT2D eigenvalue weighted by Crippen LogP contribution is -2.29. The van der Waals surface area contributed by atoms with E-state index in [1.54, 1.807) is 6.07 Å². The summed E-state index contributed by atoms with van der Waals surface area (Å²) in [7, 11) is 0. The van der Waals surface area contributed by atoms with Crippen molar-refractivity contribution < 1.29 is 23.4 Å². The van der Waals surface area contributed by atoms with Crippen molar-refractivity contribution in [3.8, 4) is 0 Å². The molecule has 0 saturated carbocycles. The van der Waals surface area contributed by atoms with Gasteiger partial charge in [0.15, 0.2) is 0 Å². The third-order valence-electron chi connectivity index (χ3n) is 6.88. The minimum Gasteiger partial charge on any atom is -0.394 e. The highest BCUT2D eigenvalue weighted by Gasteiger charge is 2.34. The number of halogens is 3. The molecule has 4 N–H and O–H groups in total. The lowest BCUT2D eigenvalue weighted by Gasteiger charge is -2.12. The second kappa shape index (κ2) is 12.7. The number of hydrogen-bond donors (Lipinski definition) is 4. The van der Waals surface area contributed by atoms with Crippen LogP contribution in [0.25, 0.3) is 21.8 Å². The van der Waals surface area contributed by atoms with Gasteiger partial charge in [0, 0.05) is 46.7 Å². The van der Waals surface area contributed by atoms with E-state index in [9.17, 15) is 23.1 Å². The number of aryl methyl sites for hydroxylation is 2. The van der Waals surface area contributed by atoms with Crippen molar-refractivity contribution in [1.29, 1.82) is 0 Å².